The van der Waals surface area contributed by atoms with Crippen molar-refractivity contribution in [2.45, 2.75) is 57.5 Å². The summed E-state index contributed by atoms with van der Waals surface area (Å²) in [5.41, 5.74) is 2.04. The van der Waals surface area contributed by atoms with Crippen molar-refractivity contribution in [2.75, 3.05) is 20.1 Å². The van der Waals surface area contributed by atoms with Crippen LogP contribution in [0.25, 0.3) is 0 Å². The monoisotopic (exact) mass is 473 g/mol. The van der Waals surface area contributed by atoms with Crippen molar-refractivity contribution in [3.63, 3.8) is 0 Å². The van der Waals surface area contributed by atoms with Crippen molar-refractivity contribution in [3.8, 4) is 0 Å². The fourth-order valence-corrected chi connectivity index (χ4v) is 4.94. The zero-order valence-electron chi connectivity index (χ0n) is 20.0. The molecule has 0 aliphatic rings. The first kappa shape index (κ1) is 26.5. The van der Waals surface area contributed by atoms with Crippen LogP contribution in [0.15, 0.2) is 59.5 Å². The summed E-state index contributed by atoms with van der Waals surface area (Å²) in [7, 11) is -2.09. The third-order valence-corrected chi connectivity index (χ3v) is 7.36. The number of hydrogen-bond acceptors (Lipinski definition) is 4. The molecule has 2 aromatic carbocycles. The van der Waals surface area contributed by atoms with Gasteiger partial charge in [-0.15, -0.1) is 0 Å². The number of carbonyl (C=O) groups is 2. The Kier molecular flexibility index (Phi) is 10.1. The molecule has 33 heavy (non-hydrogen) atoms. The Hall–Kier alpha value is -2.71. The van der Waals surface area contributed by atoms with Crippen molar-refractivity contribution < 1.29 is 18.0 Å². The van der Waals surface area contributed by atoms with Crippen LogP contribution in [-0.4, -0.2) is 55.6 Å². The SMILES string of the molecule is CCNC(=O)C(CC)N(Cc1cccc(C)c1)C(=O)CCCN(C)S(=O)(=O)c1ccccc1. The fraction of sp³-hybridized carbons (Fsp3) is 0.440. The molecular formula is C25H35N3O4S. The van der Waals surface area contributed by atoms with Crippen molar-refractivity contribution in [3.05, 3.63) is 65.7 Å². The molecular weight excluding hydrogens is 438 g/mol. The van der Waals surface area contributed by atoms with E-state index in [9.17, 15) is 18.0 Å². The Morgan fingerprint density at radius 3 is 2.33 bits per heavy atom. The highest BCUT2D eigenvalue weighted by Crippen LogP contribution is 2.17. The molecule has 0 radical (unpaired) electrons. The molecule has 8 heteroatoms. The number of sulfonamides is 1. The first-order valence-corrected chi connectivity index (χ1v) is 12.8. The second-order valence-electron chi connectivity index (χ2n) is 8.07. The molecule has 0 saturated carbocycles. The van der Waals surface area contributed by atoms with E-state index in [1.54, 1.807) is 35.2 Å². The minimum Gasteiger partial charge on any atom is -0.355 e. The van der Waals surface area contributed by atoms with E-state index in [-0.39, 0.29) is 29.7 Å². The summed E-state index contributed by atoms with van der Waals surface area (Å²) in [5.74, 6) is -0.343. The average molecular weight is 474 g/mol. The topological polar surface area (TPSA) is 86.8 Å². The molecule has 0 aromatic heterocycles. The van der Waals surface area contributed by atoms with Crippen molar-refractivity contribution in [1.29, 1.82) is 0 Å². The molecule has 0 heterocycles. The normalized spacial score (nSPS) is 12.4. The maximum Gasteiger partial charge on any atom is 0.242 e. The number of amides is 2. The van der Waals surface area contributed by atoms with Crippen LogP contribution in [0.2, 0.25) is 0 Å². The van der Waals surface area contributed by atoms with E-state index in [1.807, 2.05) is 45.0 Å². The van der Waals surface area contributed by atoms with Crippen LogP contribution in [-0.2, 0) is 26.2 Å². The number of nitrogens with one attached hydrogen (secondary N) is 1. The first-order chi connectivity index (χ1) is 15.7. The van der Waals surface area contributed by atoms with Gasteiger partial charge in [-0.05, 0) is 44.4 Å². The summed E-state index contributed by atoms with van der Waals surface area (Å²) < 4.78 is 26.7. The number of rotatable bonds is 12. The molecule has 7 nitrogen and oxygen atoms in total. The summed E-state index contributed by atoms with van der Waals surface area (Å²) in [6.07, 6.45) is 1.000. The van der Waals surface area contributed by atoms with Crippen LogP contribution in [0.4, 0.5) is 0 Å². The van der Waals surface area contributed by atoms with Crippen LogP contribution in [0.1, 0.15) is 44.2 Å². The van der Waals surface area contributed by atoms with Gasteiger partial charge in [-0.3, -0.25) is 9.59 Å². The lowest BCUT2D eigenvalue weighted by Crippen LogP contribution is -2.49. The predicted octanol–water partition coefficient (Wildman–Crippen LogP) is 3.34. The van der Waals surface area contributed by atoms with Gasteiger partial charge in [0.05, 0.1) is 4.90 Å². The van der Waals surface area contributed by atoms with Gasteiger partial charge in [0.2, 0.25) is 21.8 Å². The van der Waals surface area contributed by atoms with Gasteiger partial charge in [0.1, 0.15) is 6.04 Å². The third kappa shape index (κ3) is 7.40. The molecule has 0 bridgehead atoms. The van der Waals surface area contributed by atoms with Gasteiger partial charge in [-0.25, -0.2) is 12.7 Å². The summed E-state index contributed by atoms with van der Waals surface area (Å²) in [6.45, 7) is 6.74. The number of carbonyl (C=O) groups excluding carboxylic acids is 2. The molecule has 0 fully saturated rings. The Bertz CT molecular complexity index is 1020. The Morgan fingerprint density at radius 2 is 1.73 bits per heavy atom. The highest BCUT2D eigenvalue weighted by atomic mass is 32.2. The van der Waals surface area contributed by atoms with Crippen molar-refractivity contribution in [1.82, 2.24) is 14.5 Å². The molecule has 180 valence electrons. The van der Waals surface area contributed by atoms with Crippen molar-refractivity contribution >= 4 is 21.8 Å². The van der Waals surface area contributed by atoms with Gasteiger partial charge in [-0.2, -0.15) is 0 Å². The number of benzene rings is 2. The molecule has 1 atom stereocenters. The second-order valence-corrected chi connectivity index (χ2v) is 10.1. The largest absolute Gasteiger partial charge is 0.355 e. The van der Waals surface area contributed by atoms with E-state index in [4.69, 9.17) is 0 Å². The number of nitrogens with zero attached hydrogens (tertiary/aromatic N) is 2. The second kappa shape index (κ2) is 12.5. The summed E-state index contributed by atoms with van der Waals surface area (Å²) in [4.78, 5) is 27.7. The van der Waals surface area contributed by atoms with Gasteiger partial charge >= 0.3 is 0 Å². The van der Waals surface area contributed by atoms with Crippen molar-refractivity contribution in [2.24, 2.45) is 0 Å². The Balaban J connectivity index is 2.11. The van der Waals surface area contributed by atoms with E-state index >= 15 is 0 Å². The smallest absolute Gasteiger partial charge is 0.242 e. The van der Waals surface area contributed by atoms with E-state index in [1.165, 1.54) is 11.4 Å². The number of aryl methyl sites for hydroxylation is 1. The highest BCUT2D eigenvalue weighted by molar-refractivity contribution is 7.89. The van der Waals surface area contributed by atoms with E-state index in [0.717, 1.165) is 11.1 Å². The van der Waals surface area contributed by atoms with Crippen LogP contribution in [0, 0.1) is 6.92 Å². The lowest BCUT2D eigenvalue weighted by Gasteiger charge is -2.31. The van der Waals surface area contributed by atoms with Gasteiger partial charge < -0.3 is 10.2 Å². The zero-order chi connectivity index (χ0) is 24.4. The van der Waals surface area contributed by atoms with E-state index in [0.29, 0.717) is 25.9 Å². The van der Waals surface area contributed by atoms with Gasteiger partial charge in [0, 0.05) is 33.1 Å². The molecule has 0 saturated heterocycles. The molecule has 2 amide bonds. The van der Waals surface area contributed by atoms with Gasteiger partial charge in [0.15, 0.2) is 0 Å². The fourth-order valence-electron chi connectivity index (χ4n) is 3.71. The molecule has 0 aliphatic carbocycles. The maximum atomic E-state index is 13.2. The maximum absolute atomic E-state index is 13.2. The first-order valence-electron chi connectivity index (χ1n) is 11.3. The average Bonchev–Trinajstić information content (AvgIpc) is 2.79. The molecule has 0 aliphatic heterocycles. The third-order valence-electron chi connectivity index (χ3n) is 5.49. The quantitative estimate of drug-likeness (QED) is 0.512. The number of likely N-dealkylation sites (N-methyl/N-ethyl adjacent to an activating group) is 1. The lowest BCUT2D eigenvalue weighted by molar-refractivity contribution is -0.141. The Morgan fingerprint density at radius 1 is 1.03 bits per heavy atom. The van der Waals surface area contributed by atoms with Crippen LogP contribution in [0.3, 0.4) is 0 Å². The van der Waals surface area contributed by atoms with Crippen LogP contribution >= 0.6 is 0 Å². The minimum atomic E-state index is -3.61. The molecule has 2 rings (SSSR count). The zero-order valence-corrected chi connectivity index (χ0v) is 20.8. The standard InChI is InChI=1S/C25H35N3O4S/c1-5-23(25(30)26-6-2)28(19-21-13-10-12-20(3)18-21)24(29)16-11-17-27(4)33(31,32)22-14-8-7-9-15-22/h7-10,12-15,18,23H,5-6,11,16-17,19H2,1-4H3,(H,26,30). The van der Waals surface area contributed by atoms with E-state index in [2.05, 4.69) is 5.32 Å². The van der Waals surface area contributed by atoms with E-state index < -0.39 is 16.1 Å². The van der Waals surface area contributed by atoms with Gasteiger partial charge in [-0.1, -0.05) is 55.0 Å². The molecule has 0 spiro atoms. The highest BCUT2D eigenvalue weighted by Gasteiger charge is 2.28. The predicted molar refractivity (Wildman–Crippen MR) is 130 cm³/mol. The van der Waals surface area contributed by atoms with Crippen LogP contribution < -0.4 is 5.32 Å². The Labute approximate surface area is 197 Å². The molecule has 2 aromatic rings. The minimum absolute atomic E-state index is 0.149. The van der Waals surface area contributed by atoms with Crippen LogP contribution in [0.5, 0.6) is 0 Å². The summed E-state index contributed by atoms with van der Waals surface area (Å²) >= 11 is 0. The summed E-state index contributed by atoms with van der Waals surface area (Å²) in [5, 5.41) is 2.82. The lowest BCUT2D eigenvalue weighted by atomic mass is 10.1. The number of hydrogen-bond donors (Lipinski definition) is 1. The molecule has 1 unspecified atom stereocenters. The molecule has 1 N–H and O–H groups in total. The summed E-state index contributed by atoms with van der Waals surface area (Å²) in [6, 6.07) is 15.5. The van der Waals surface area contributed by atoms with Gasteiger partial charge in [0.25, 0.3) is 0 Å².